The first kappa shape index (κ1) is 32.1. The zero-order chi connectivity index (χ0) is 32.5. The minimum Gasteiger partial charge on any atom is -0.487 e. The quantitative estimate of drug-likeness (QED) is 0.0749. The van der Waals surface area contributed by atoms with E-state index in [1.54, 1.807) is 30.5 Å². The first-order chi connectivity index (χ1) is 22.2. The second-order valence-corrected chi connectivity index (χ2v) is 13.7. The Hall–Kier alpha value is -3.89. The molecule has 0 unspecified atom stereocenters. The van der Waals surface area contributed by atoms with Crippen molar-refractivity contribution >= 4 is 85.0 Å². The van der Waals surface area contributed by atoms with E-state index in [1.165, 1.54) is 23.5 Å². The Bertz CT molecular complexity index is 2210. The number of halogens is 2. The Morgan fingerprint density at radius 1 is 1.07 bits per heavy atom. The van der Waals surface area contributed by atoms with Crippen molar-refractivity contribution < 1.29 is 19.2 Å². The van der Waals surface area contributed by atoms with E-state index in [2.05, 4.69) is 45.2 Å². The lowest BCUT2D eigenvalue weighted by molar-refractivity contribution is -0.384. The third-order valence-corrected chi connectivity index (χ3v) is 10.1. The SMILES string of the molecule is CCOC(=O)C1=C(C)N=c2s/c(=C/c3cc(I)c(OCc4ccc([N+](=O)[O-])cc4)c(I)c3)c(=O)n2[C@@H]1c1cccc2ccccc12. The van der Waals surface area contributed by atoms with Crippen molar-refractivity contribution in [2.24, 2.45) is 4.99 Å². The summed E-state index contributed by atoms with van der Waals surface area (Å²) in [6.45, 7) is 3.98. The van der Waals surface area contributed by atoms with Crippen LogP contribution in [0.1, 0.15) is 36.6 Å². The van der Waals surface area contributed by atoms with Crippen LogP contribution in [-0.2, 0) is 16.1 Å². The van der Waals surface area contributed by atoms with Crippen LogP contribution in [0.15, 0.2) is 99.9 Å². The number of esters is 1. The lowest BCUT2D eigenvalue weighted by Crippen LogP contribution is -2.40. The summed E-state index contributed by atoms with van der Waals surface area (Å²) in [5, 5.41) is 12.9. The van der Waals surface area contributed by atoms with E-state index in [9.17, 15) is 19.7 Å². The lowest BCUT2D eigenvalue weighted by Gasteiger charge is -2.25. The number of ether oxygens (including phenoxy) is 2. The molecule has 0 fully saturated rings. The molecular weight excluding hydrogens is 832 g/mol. The van der Waals surface area contributed by atoms with Gasteiger partial charge in [0.1, 0.15) is 12.4 Å². The van der Waals surface area contributed by atoms with Gasteiger partial charge in [-0.15, -0.1) is 0 Å². The number of allylic oxidation sites excluding steroid dienone is 1. The van der Waals surface area contributed by atoms with Crippen molar-refractivity contribution in [3.63, 3.8) is 0 Å². The van der Waals surface area contributed by atoms with Gasteiger partial charge >= 0.3 is 5.97 Å². The lowest BCUT2D eigenvalue weighted by atomic mass is 9.91. The van der Waals surface area contributed by atoms with Gasteiger partial charge in [0.15, 0.2) is 4.80 Å². The van der Waals surface area contributed by atoms with Gasteiger partial charge in [0.25, 0.3) is 11.2 Å². The van der Waals surface area contributed by atoms with Crippen LogP contribution in [0.3, 0.4) is 0 Å². The Kier molecular flexibility index (Phi) is 9.38. The maximum absolute atomic E-state index is 14.2. The Labute approximate surface area is 294 Å². The number of carbonyl (C=O) groups is 1. The molecule has 1 aliphatic rings. The molecule has 0 saturated heterocycles. The fourth-order valence-corrected chi connectivity index (χ4v) is 8.57. The third kappa shape index (κ3) is 6.25. The van der Waals surface area contributed by atoms with Gasteiger partial charge in [0.05, 0.1) is 40.5 Å². The summed E-state index contributed by atoms with van der Waals surface area (Å²) in [5.41, 5.74) is 3.07. The molecule has 5 aromatic rings. The van der Waals surface area contributed by atoms with E-state index in [1.807, 2.05) is 60.7 Å². The predicted octanol–water partition coefficient (Wildman–Crippen LogP) is 6.65. The van der Waals surface area contributed by atoms with Gasteiger partial charge in [0, 0.05) is 12.1 Å². The minimum atomic E-state index is -0.709. The molecular formula is C34H25I2N3O6S. The van der Waals surface area contributed by atoms with Crippen molar-refractivity contribution in [1.29, 1.82) is 0 Å². The summed E-state index contributed by atoms with van der Waals surface area (Å²) in [6.07, 6.45) is 1.83. The molecule has 0 bridgehead atoms. The zero-order valence-corrected chi connectivity index (χ0v) is 29.7. The molecule has 0 saturated carbocycles. The Balaban J connectivity index is 1.40. The monoisotopic (exact) mass is 857 g/mol. The number of hydrogen-bond donors (Lipinski definition) is 0. The van der Waals surface area contributed by atoms with Gasteiger partial charge in [-0.05, 0) is 117 Å². The van der Waals surface area contributed by atoms with E-state index in [0.29, 0.717) is 26.4 Å². The molecule has 1 aromatic heterocycles. The number of non-ortho nitro benzene ring substituents is 1. The van der Waals surface area contributed by atoms with Gasteiger partial charge in [-0.2, -0.15) is 0 Å². The van der Waals surface area contributed by atoms with Crippen molar-refractivity contribution in [2.75, 3.05) is 6.61 Å². The Morgan fingerprint density at radius 3 is 2.46 bits per heavy atom. The number of nitrogens with zero attached hydrogens (tertiary/aromatic N) is 3. The van der Waals surface area contributed by atoms with Crippen LogP contribution < -0.4 is 19.6 Å². The van der Waals surface area contributed by atoms with E-state index in [4.69, 9.17) is 14.5 Å². The molecule has 46 heavy (non-hydrogen) atoms. The zero-order valence-electron chi connectivity index (χ0n) is 24.5. The number of nitro benzene ring substituents is 1. The number of aromatic nitrogens is 1. The van der Waals surface area contributed by atoms with E-state index in [0.717, 1.165) is 34.6 Å². The van der Waals surface area contributed by atoms with Crippen LogP contribution in [0.25, 0.3) is 16.8 Å². The maximum Gasteiger partial charge on any atom is 0.338 e. The second-order valence-electron chi connectivity index (χ2n) is 10.4. The number of thiazole rings is 1. The van der Waals surface area contributed by atoms with Crippen LogP contribution >= 0.6 is 56.5 Å². The van der Waals surface area contributed by atoms with Crippen LogP contribution in [0.2, 0.25) is 0 Å². The molecule has 9 nitrogen and oxygen atoms in total. The minimum absolute atomic E-state index is 0.0262. The molecule has 4 aromatic carbocycles. The maximum atomic E-state index is 14.2. The van der Waals surface area contributed by atoms with Gasteiger partial charge in [-0.3, -0.25) is 19.5 Å². The summed E-state index contributed by atoms with van der Waals surface area (Å²) in [4.78, 5) is 43.2. The second kappa shape index (κ2) is 13.5. The van der Waals surface area contributed by atoms with Gasteiger partial charge < -0.3 is 9.47 Å². The molecule has 0 N–H and O–H groups in total. The fourth-order valence-electron chi connectivity index (χ4n) is 5.40. The predicted molar refractivity (Wildman–Crippen MR) is 194 cm³/mol. The van der Waals surface area contributed by atoms with Gasteiger partial charge in [0.2, 0.25) is 0 Å². The summed E-state index contributed by atoms with van der Waals surface area (Å²) in [6, 6.07) is 23.2. The average molecular weight is 857 g/mol. The van der Waals surface area contributed by atoms with Gasteiger partial charge in [-0.25, -0.2) is 9.79 Å². The molecule has 12 heteroatoms. The molecule has 1 atom stereocenters. The standard InChI is InChI=1S/C34H25I2N3O6S/c1-3-44-33(41)29-19(2)37-34-38(30(29)25-10-6-8-22-7-4-5-9-24(22)25)32(40)28(46-34)17-21-15-26(35)31(27(36)16-21)45-18-20-11-13-23(14-12-20)39(42)43/h4-17,30H,3,18H2,1-2H3/b28-17+/t30-/m1/s1. The molecule has 6 rings (SSSR count). The highest BCUT2D eigenvalue weighted by Crippen LogP contribution is 2.35. The molecule has 1 aliphatic heterocycles. The molecule has 2 heterocycles. The van der Waals surface area contributed by atoms with Crippen LogP contribution in [0.5, 0.6) is 5.75 Å². The molecule has 232 valence electrons. The fraction of sp³-hybridized carbons (Fsp3) is 0.147. The number of rotatable bonds is 8. The first-order valence-corrected chi connectivity index (χ1v) is 17.2. The molecule has 0 radical (unpaired) electrons. The van der Waals surface area contributed by atoms with Crippen LogP contribution in [0, 0.1) is 17.3 Å². The first-order valence-electron chi connectivity index (χ1n) is 14.2. The third-order valence-electron chi connectivity index (χ3n) is 7.48. The molecule has 0 aliphatic carbocycles. The summed E-state index contributed by atoms with van der Waals surface area (Å²) in [7, 11) is 0. The highest BCUT2D eigenvalue weighted by atomic mass is 127. The molecule has 0 spiro atoms. The number of hydrogen-bond acceptors (Lipinski definition) is 8. The van der Waals surface area contributed by atoms with E-state index >= 15 is 0 Å². The summed E-state index contributed by atoms with van der Waals surface area (Å²) >= 11 is 5.68. The average Bonchev–Trinajstić information content (AvgIpc) is 3.33. The Morgan fingerprint density at radius 2 is 1.76 bits per heavy atom. The van der Waals surface area contributed by atoms with Crippen molar-refractivity contribution in [3.05, 3.63) is 144 Å². The molecule has 0 amide bonds. The van der Waals surface area contributed by atoms with E-state index in [-0.39, 0.29) is 24.5 Å². The highest BCUT2D eigenvalue weighted by molar-refractivity contribution is 14.1. The largest absolute Gasteiger partial charge is 0.487 e. The van der Waals surface area contributed by atoms with Crippen molar-refractivity contribution in [3.8, 4) is 5.75 Å². The van der Waals surface area contributed by atoms with Gasteiger partial charge in [-0.1, -0.05) is 53.8 Å². The summed E-state index contributed by atoms with van der Waals surface area (Å²) in [5.74, 6) is 0.188. The van der Waals surface area contributed by atoms with Crippen LogP contribution in [0.4, 0.5) is 5.69 Å². The highest BCUT2D eigenvalue weighted by Gasteiger charge is 2.34. The number of nitro groups is 1. The number of carbonyl (C=O) groups excluding carboxylic acids is 1. The topological polar surface area (TPSA) is 113 Å². The normalized spacial score (nSPS) is 14.6. The summed E-state index contributed by atoms with van der Waals surface area (Å²) < 4.78 is 15.3. The van der Waals surface area contributed by atoms with Crippen molar-refractivity contribution in [1.82, 2.24) is 4.57 Å². The van der Waals surface area contributed by atoms with E-state index < -0.39 is 16.9 Å². The van der Waals surface area contributed by atoms with Crippen LogP contribution in [-0.4, -0.2) is 22.1 Å². The van der Waals surface area contributed by atoms with Crippen molar-refractivity contribution in [2.45, 2.75) is 26.5 Å². The number of benzene rings is 4. The number of fused-ring (bicyclic) bond motifs is 2. The smallest absolute Gasteiger partial charge is 0.338 e.